The van der Waals surface area contributed by atoms with Crippen LogP contribution in [-0.2, 0) is 0 Å². The molecule has 0 bridgehead atoms. The molecule has 0 fully saturated rings. The average molecular weight is 299 g/mol. The molecule has 19 heavy (non-hydrogen) atoms. The first-order valence-corrected chi connectivity index (χ1v) is 6.07. The second-order valence-electron chi connectivity index (χ2n) is 3.81. The zero-order chi connectivity index (χ0) is 14.0. The van der Waals surface area contributed by atoms with E-state index in [9.17, 15) is 8.78 Å². The molecule has 0 radical (unpaired) electrons. The Morgan fingerprint density at radius 3 is 2.53 bits per heavy atom. The van der Waals surface area contributed by atoms with Crippen molar-refractivity contribution in [2.75, 3.05) is 5.32 Å². The minimum atomic E-state index is -0.559. The number of hydrogen-bond donors (Lipinski definition) is 2. The summed E-state index contributed by atoms with van der Waals surface area (Å²) in [7, 11) is 0. The van der Waals surface area contributed by atoms with Gasteiger partial charge in [0.1, 0.15) is 16.6 Å². The van der Waals surface area contributed by atoms with E-state index < -0.39 is 11.6 Å². The molecule has 98 valence electrons. The van der Waals surface area contributed by atoms with E-state index in [2.05, 4.69) is 5.32 Å². The fraction of sp³-hybridized carbons (Fsp3) is 0. The third-order valence-electron chi connectivity index (χ3n) is 2.44. The van der Waals surface area contributed by atoms with E-state index in [1.165, 1.54) is 0 Å². The van der Waals surface area contributed by atoms with Crippen LogP contribution < -0.4 is 11.1 Å². The van der Waals surface area contributed by atoms with Crippen molar-refractivity contribution in [3.8, 4) is 0 Å². The minimum Gasteiger partial charge on any atom is -0.389 e. The van der Waals surface area contributed by atoms with Crippen LogP contribution in [0.25, 0.3) is 0 Å². The van der Waals surface area contributed by atoms with Crippen molar-refractivity contribution < 1.29 is 8.78 Å². The van der Waals surface area contributed by atoms with Crippen LogP contribution in [0.4, 0.5) is 20.2 Å². The van der Waals surface area contributed by atoms with Crippen LogP contribution in [0.3, 0.4) is 0 Å². The molecule has 0 aromatic heterocycles. The molecule has 0 saturated heterocycles. The van der Waals surface area contributed by atoms with Gasteiger partial charge in [-0.3, -0.25) is 0 Å². The van der Waals surface area contributed by atoms with Gasteiger partial charge in [-0.25, -0.2) is 8.78 Å². The van der Waals surface area contributed by atoms with E-state index >= 15 is 0 Å². The third kappa shape index (κ3) is 3.19. The highest BCUT2D eigenvalue weighted by atomic mass is 35.5. The van der Waals surface area contributed by atoms with E-state index in [1.807, 2.05) is 0 Å². The highest BCUT2D eigenvalue weighted by Gasteiger charge is 2.07. The van der Waals surface area contributed by atoms with Crippen LogP contribution in [0.15, 0.2) is 36.4 Å². The van der Waals surface area contributed by atoms with Gasteiger partial charge in [0.05, 0.1) is 10.7 Å². The van der Waals surface area contributed by atoms with Crippen molar-refractivity contribution in [2.24, 2.45) is 5.73 Å². The second kappa shape index (κ2) is 5.50. The number of nitrogens with two attached hydrogens (primary N) is 1. The monoisotopic (exact) mass is 298 g/mol. The zero-order valence-electron chi connectivity index (χ0n) is 9.58. The highest BCUT2D eigenvalue weighted by molar-refractivity contribution is 7.80. The van der Waals surface area contributed by atoms with Gasteiger partial charge in [-0.05, 0) is 30.3 Å². The van der Waals surface area contributed by atoms with Crippen molar-refractivity contribution in [2.45, 2.75) is 0 Å². The summed E-state index contributed by atoms with van der Waals surface area (Å²) < 4.78 is 26.5. The molecule has 0 atom stereocenters. The summed E-state index contributed by atoms with van der Waals surface area (Å²) in [5, 5.41) is 3.08. The van der Waals surface area contributed by atoms with Gasteiger partial charge in [0.2, 0.25) is 0 Å². The van der Waals surface area contributed by atoms with E-state index in [0.29, 0.717) is 16.3 Å². The van der Waals surface area contributed by atoms with Crippen molar-refractivity contribution in [1.29, 1.82) is 0 Å². The van der Waals surface area contributed by atoms with Crippen LogP contribution in [0.2, 0.25) is 5.02 Å². The molecular formula is C13H9ClF2N2S. The summed E-state index contributed by atoms with van der Waals surface area (Å²) in [6, 6.07) is 7.94. The first-order chi connectivity index (χ1) is 8.97. The van der Waals surface area contributed by atoms with E-state index in [0.717, 1.165) is 18.2 Å². The van der Waals surface area contributed by atoms with Crippen molar-refractivity contribution in [3.63, 3.8) is 0 Å². The SMILES string of the molecule is NC(=S)c1ccc(Nc2cc(F)ccc2F)cc1Cl. The van der Waals surface area contributed by atoms with Gasteiger partial charge in [-0.1, -0.05) is 23.8 Å². The van der Waals surface area contributed by atoms with E-state index in [-0.39, 0.29) is 10.7 Å². The molecule has 0 unspecified atom stereocenters. The molecule has 2 aromatic rings. The Morgan fingerprint density at radius 1 is 1.16 bits per heavy atom. The Balaban J connectivity index is 2.31. The summed E-state index contributed by atoms with van der Waals surface area (Å²) in [6.45, 7) is 0. The number of thiocarbonyl (C=S) groups is 1. The largest absolute Gasteiger partial charge is 0.389 e. The van der Waals surface area contributed by atoms with E-state index in [4.69, 9.17) is 29.6 Å². The number of hydrogen-bond acceptors (Lipinski definition) is 2. The van der Waals surface area contributed by atoms with Crippen LogP contribution in [-0.4, -0.2) is 4.99 Å². The Morgan fingerprint density at radius 2 is 1.89 bits per heavy atom. The lowest BCUT2D eigenvalue weighted by atomic mass is 10.2. The van der Waals surface area contributed by atoms with Crippen LogP contribution >= 0.6 is 23.8 Å². The number of nitrogens with one attached hydrogen (secondary N) is 1. The Labute approximate surface area is 119 Å². The number of benzene rings is 2. The van der Waals surface area contributed by atoms with Gasteiger partial charge in [0, 0.05) is 17.3 Å². The fourth-order valence-electron chi connectivity index (χ4n) is 1.54. The summed E-state index contributed by atoms with van der Waals surface area (Å²) in [5.41, 5.74) is 6.54. The maximum Gasteiger partial charge on any atom is 0.146 e. The number of halogens is 3. The zero-order valence-corrected chi connectivity index (χ0v) is 11.2. The second-order valence-corrected chi connectivity index (χ2v) is 4.66. The van der Waals surface area contributed by atoms with Crippen molar-refractivity contribution >= 4 is 40.2 Å². The van der Waals surface area contributed by atoms with Gasteiger partial charge in [0.25, 0.3) is 0 Å². The molecule has 0 aliphatic rings. The minimum absolute atomic E-state index is 0.0270. The summed E-state index contributed by atoms with van der Waals surface area (Å²) in [4.78, 5) is 0.175. The molecule has 2 nitrogen and oxygen atoms in total. The molecule has 6 heteroatoms. The molecular weight excluding hydrogens is 290 g/mol. The maximum absolute atomic E-state index is 13.5. The lowest BCUT2D eigenvalue weighted by molar-refractivity contribution is 0.603. The number of rotatable bonds is 3. The lowest BCUT2D eigenvalue weighted by Gasteiger charge is -2.10. The van der Waals surface area contributed by atoms with Gasteiger partial charge >= 0.3 is 0 Å². The molecule has 0 amide bonds. The predicted octanol–water partition coefficient (Wildman–Crippen LogP) is 4.00. The maximum atomic E-state index is 13.5. The van der Waals surface area contributed by atoms with Crippen LogP contribution in [0.1, 0.15) is 5.56 Å². The Kier molecular flexibility index (Phi) is 3.97. The predicted molar refractivity (Wildman–Crippen MR) is 77.0 cm³/mol. The lowest BCUT2D eigenvalue weighted by Crippen LogP contribution is -2.10. The van der Waals surface area contributed by atoms with Crippen LogP contribution in [0.5, 0.6) is 0 Å². The average Bonchev–Trinajstić information content (AvgIpc) is 2.33. The molecule has 0 aliphatic heterocycles. The highest BCUT2D eigenvalue weighted by Crippen LogP contribution is 2.25. The summed E-state index contributed by atoms with van der Waals surface area (Å²) in [5.74, 6) is -1.09. The topological polar surface area (TPSA) is 38.0 Å². The van der Waals surface area contributed by atoms with Gasteiger partial charge in [-0.15, -0.1) is 0 Å². The standard InChI is InChI=1S/C13H9ClF2N2S/c14-10-6-8(2-3-9(10)13(17)19)18-12-5-7(15)1-4-11(12)16/h1-6,18H,(H2,17,19). The van der Waals surface area contributed by atoms with Gasteiger partial charge in [-0.2, -0.15) is 0 Å². The Bertz CT molecular complexity index is 647. The third-order valence-corrected chi connectivity index (χ3v) is 2.97. The Hall–Kier alpha value is -1.72. The number of anilines is 2. The molecule has 0 saturated carbocycles. The molecule has 0 aliphatic carbocycles. The van der Waals surface area contributed by atoms with Crippen molar-refractivity contribution in [1.82, 2.24) is 0 Å². The summed E-state index contributed by atoms with van der Waals surface area (Å²) >= 11 is 10.8. The van der Waals surface area contributed by atoms with Gasteiger partial charge < -0.3 is 11.1 Å². The first-order valence-electron chi connectivity index (χ1n) is 5.29. The molecule has 2 aromatic carbocycles. The molecule has 0 spiro atoms. The molecule has 3 N–H and O–H groups in total. The first kappa shape index (κ1) is 13.7. The van der Waals surface area contributed by atoms with E-state index in [1.54, 1.807) is 18.2 Å². The van der Waals surface area contributed by atoms with Crippen molar-refractivity contribution in [3.05, 3.63) is 58.6 Å². The normalized spacial score (nSPS) is 10.3. The molecule has 2 rings (SSSR count). The quantitative estimate of drug-likeness (QED) is 0.841. The summed E-state index contributed by atoms with van der Waals surface area (Å²) in [6.07, 6.45) is 0. The molecule has 0 heterocycles. The van der Waals surface area contributed by atoms with Crippen LogP contribution in [0, 0.1) is 11.6 Å². The smallest absolute Gasteiger partial charge is 0.146 e. The van der Waals surface area contributed by atoms with Gasteiger partial charge in [0.15, 0.2) is 0 Å². The fourth-order valence-corrected chi connectivity index (χ4v) is 2.06.